The zero-order valence-corrected chi connectivity index (χ0v) is 39.3. The van der Waals surface area contributed by atoms with Crippen molar-refractivity contribution in [3.05, 3.63) is 185 Å². The zero-order chi connectivity index (χ0) is 49.0. The molecular formula is C53H55F3N12O2. The molecule has 0 aliphatic heterocycles. The van der Waals surface area contributed by atoms with E-state index in [9.17, 15) is 13.2 Å². The maximum atomic E-state index is 13.4. The van der Waals surface area contributed by atoms with Gasteiger partial charge in [-0.15, -0.1) is 25.5 Å². The van der Waals surface area contributed by atoms with Crippen molar-refractivity contribution in [2.24, 2.45) is 5.10 Å². The number of alkyl halides is 3. The minimum absolute atomic E-state index is 0.0190. The SMILES string of the molecule is CC.CC/C=N/Nc1nnc(OCc2cccc(CNCCc3ccccc3)n2)c2ccccc12.FC(F)(F)c1nnc2c3ccccc3c(OCc3cncc(CNCCc4ccccc4)c3)nn12. The first-order chi connectivity index (χ1) is 34.3. The molecule has 0 amide bonds. The van der Waals surface area contributed by atoms with E-state index in [1.807, 2.05) is 93.6 Å². The van der Waals surface area contributed by atoms with Gasteiger partial charge >= 0.3 is 6.18 Å². The summed E-state index contributed by atoms with van der Waals surface area (Å²) in [5.41, 5.74) is 9.14. The van der Waals surface area contributed by atoms with Gasteiger partial charge < -0.3 is 20.1 Å². The first kappa shape index (κ1) is 50.0. The number of ether oxygens (including phenoxy) is 2. The van der Waals surface area contributed by atoms with Gasteiger partial charge in [0.2, 0.25) is 11.8 Å². The van der Waals surface area contributed by atoms with Crippen LogP contribution < -0.4 is 25.5 Å². The van der Waals surface area contributed by atoms with Gasteiger partial charge in [-0.2, -0.15) is 22.8 Å². The molecule has 0 spiro atoms. The van der Waals surface area contributed by atoms with E-state index >= 15 is 0 Å². The number of nitrogens with zero attached hydrogens (tertiary/aromatic N) is 9. The average molecular weight is 949 g/mol. The van der Waals surface area contributed by atoms with E-state index in [2.05, 4.69) is 88.0 Å². The number of benzene rings is 4. The van der Waals surface area contributed by atoms with Crippen LogP contribution in [-0.4, -0.2) is 59.3 Å². The maximum absolute atomic E-state index is 13.4. The number of aromatic nitrogens is 8. The predicted molar refractivity (Wildman–Crippen MR) is 267 cm³/mol. The highest BCUT2D eigenvalue weighted by Gasteiger charge is 2.38. The molecule has 3 N–H and O–H groups in total. The lowest BCUT2D eigenvalue weighted by atomic mass is 10.1. The van der Waals surface area contributed by atoms with Crippen LogP contribution in [0.25, 0.3) is 27.2 Å². The van der Waals surface area contributed by atoms with E-state index in [4.69, 9.17) is 14.5 Å². The third-order valence-electron chi connectivity index (χ3n) is 10.5. The maximum Gasteiger partial charge on any atom is 0.453 e. The third-order valence-corrected chi connectivity index (χ3v) is 10.5. The summed E-state index contributed by atoms with van der Waals surface area (Å²) in [5, 5.41) is 33.4. The van der Waals surface area contributed by atoms with Crippen LogP contribution in [-0.2, 0) is 45.3 Å². The molecular weight excluding hydrogens is 894 g/mol. The van der Waals surface area contributed by atoms with Crippen molar-refractivity contribution in [3.8, 4) is 11.8 Å². The molecule has 0 aliphatic rings. The van der Waals surface area contributed by atoms with Gasteiger partial charge in [-0.25, -0.2) is 0 Å². The van der Waals surface area contributed by atoms with Crippen LogP contribution in [0, 0.1) is 0 Å². The minimum Gasteiger partial charge on any atom is -0.471 e. The number of anilines is 1. The Kier molecular flexibility index (Phi) is 18.2. The Bertz CT molecular complexity index is 3060. The first-order valence-electron chi connectivity index (χ1n) is 23.2. The molecule has 9 aromatic rings. The molecule has 0 radical (unpaired) electrons. The molecule has 0 aliphatic carbocycles. The lowest BCUT2D eigenvalue weighted by Crippen LogP contribution is -2.17. The van der Waals surface area contributed by atoms with Crippen molar-refractivity contribution in [2.75, 3.05) is 18.5 Å². The molecule has 0 saturated heterocycles. The Morgan fingerprint density at radius 3 is 1.89 bits per heavy atom. The summed E-state index contributed by atoms with van der Waals surface area (Å²) in [5.74, 6) is -0.0636. The highest BCUT2D eigenvalue weighted by atomic mass is 19.4. The fourth-order valence-electron chi connectivity index (χ4n) is 7.22. The van der Waals surface area contributed by atoms with Crippen molar-refractivity contribution < 1.29 is 22.6 Å². The van der Waals surface area contributed by atoms with Gasteiger partial charge in [-0.3, -0.25) is 15.4 Å². The molecule has 14 nitrogen and oxygen atoms in total. The molecule has 0 atom stereocenters. The molecule has 5 heterocycles. The third kappa shape index (κ3) is 13.9. The van der Waals surface area contributed by atoms with Crippen molar-refractivity contribution in [2.45, 2.75) is 72.5 Å². The number of hydrazone groups is 1. The van der Waals surface area contributed by atoms with Crippen LogP contribution in [0.1, 0.15) is 66.7 Å². The van der Waals surface area contributed by atoms with E-state index in [1.165, 1.54) is 11.1 Å². The molecule has 0 saturated carbocycles. The highest BCUT2D eigenvalue weighted by Crippen LogP contribution is 2.32. The summed E-state index contributed by atoms with van der Waals surface area (Å²) in [4.78, 5) is 8.98. The number of hydrogen-bond acceptors (Lipinski definition) is 13. The van der Waals surface area contributed by atoms with E-state index < -0.39 is 12.0 Å². The summed E-state index contributed by atoms with van der Waals surface area (Å²) in [6, 6.07) is 43.3. The van der Waals surface area contributed by atoms with Crippen LogP contribution in [0.4, 0.5) is 19.0 Å². The summed E-state index contributed by atoms with van der Waals surface area (Å²) in [7, 11) is 0. The second kappa shape index (κ2) is 25.5. The fourth-order valence-corrected chi connectivity index (χ4v) is 7.22. The molecule has 17 heteroatoms. The first-order valence-corrected chi connectivity index (χ1v) is 23.2. The van der Waals surface area contributed by atoms with Crippen molar-refractivity contribution in [1.82, 2.24) is 50.6 Å². The monoisotopic (exact) mass is 948 g/mol. The summed E-state index contributed by atoms with van der Waals surface area (Å²) >= 11 is 0. The van der Waals surface area contributed by atoms with Crippen LogP contribution in [0.15, 0.2) is 151 Å². The van der Waals surface area contributed by atoms with Gasteiger partial charge in [-0.05, 0) is 79.4 Å². The minimum atomic E-state index is -4.70. The number of fused-ring (bicyclic) bond motifs is 4. The summed E-state index contributed by atoms with van der Waals surface area (Å²) in [6.07, 6.45) is 3.27. The van der Waals surface area contributed by atoms with Crippen LogP contribution >= 0.6 is 0 Å². The second-order valence-electron chi connectivity index (χ2n) is 15.6. The average Bonchev–Trinajstić information content (AvgIpc) is 3.85. The Balaban J connectivity index is 0.000000200. The molecule has 0 bridgehead atoms. The van der Waals surface area contributed by atoms with Crippen molar-refractivity contribution in [1.29, 1.82) is 0 Å². The van der Waals surface area contributed by atoms with Gasteiger partial charge in [0.1, 0.15) is 13.2 Å². The Morgan fingerprint density at radius 1 is 0.600 bits per heavy atom. The zero-order valence-electron chi connectivity index (χ0n) is 39.3. The number of halogens is 3. The van der Waals surface area contributed by atoms with Gasteiger partial charge in [0.15, 0.2) is 11.5 Å². The predicted octanol–water partition coefficient (Wildman–Crippen LogP) is 10.4. The Labute approximate surface area is 404 Å². The van der Waals surface area contributed by atoms with E-state index in [1.54, 1.807) is 42.9 Å². The van der Waals surface area contributed by atoms with E-state index in [-0.39, 0.29) is 18.1 Å². The molecule has 70 heavy (non-hydrogen) atoms. The smallest absolute Gasteiger partial charge is 0.453 e. The highest BCUT2D eigenvalue weighted by molar-refractivity contribution is 5.96. The van der Waals surface area contributed by atoms with E-state index in [0.29, 0.717) is 46.7 Å². The molecule has 4 aromatic carbocycles. The van der Waals surface area contributed by atoms with Gasteiger partial charge in [0, 0.05) is 58.8 Å². The molecule has 9 rings (SSSR count). The Morgan fingerprint density at radius 2 is 1.20 bits per heavy atom. The number of rotatable bonds is 19. The molecule has 0 fully saturated rings. The standard InChI is InChI=1S/C26H28N6O.C25H21F3N6O.C2H6/c1-2-16-28-30-25-23-13-6-7-14-24(23)26(32-31-25)33-19-22-12-8-11-21(29-22)18-27-17-15-20-9-4-3-5-10-20;26-25(27,28)24-32-31-22-20-8-4-5-9-21(20)23(33-34(22)24)35-16-19-12-18(14-30-15-19)13-29-11-10-17-6-2-1-3-7-17;1-2/h3-14,16,27H,2,15,17-19H2,1H3,(H,30,31);1-9,12,14-15,29H,10-11,13,16H2;1-2H3/b28-16+;;. The normalized spacial score (nSPS) is 11.3. The molecule has 360 valence electrons. The van der Waals surface area contributed by atoms with Gasteiger partial charge in [-0.1, -0.05) is 124 Å². The topological polar surface area (TPSA) is 162 Å². The number of hydrogen-bond donors (Lipinski definition) is 3. The Hall–Kier alpha value is -7.89. The van der Waals surface area contributed by atoms with Crippen LogP contribution in [0.5, 0.6) is 11.8 Å². The molecule has 0 unspecified atom stereocenters. The summed E-state index contributed by atoms with van der Waals surface area (Å²) < 4.78 is 52.7. The molecule has 5 aromatic heterocycles. The lowest BCUT2D eigenvalue weighted by Gasteiger charge is -2.11. The van der Waals surface area contributed by atoms with Crippen LogP contribution in [0.2, 0.25) is 0 Å². The lowest BCUT2D eigenvalue weighted by molar-refractivity contribution is -0.146. The fraction of sp³-hybridized carbons (Fsp3) is 0.245. The second-order valence-corrected chi connectivity index (χ2v) is 15.6. The van der Waals surface area contributed by atoms with Crippen molar-refractivity contribution in [3.63, 3.8) is 0 Å². The number of nitrogens with one attached hydrogen (secondary N) is 3. The van der Waals surface area contributed by atoms with Crippen molar-refractivity contribution >= 4 is 39.2 Å². The summed E-state index contributed by atoms with van der Waals surface area (Å²) in [6.45, 7) is 9.50. The van der Waals surface area contributed by atoms with Crippen LogP contribution in [0.3, 0.4) is 0 Å². The largest absolute Gasteiger partial charge is 0.471 e. The number of pyridine rings is 2. The van der Waals surface area contributed by atoms with E-state index in [0.717, 1.165) is 65.6 Å². The van der Waals surface area contributed by atoms with Gasteiger partial charge in [0.05, 0.1) is 11.4 Å². The van der Waals surface area contributed by atoms with Gasteiger partial charge in [0.25, 0.3) is 5.82 Å². The quantitative estimate of drug-likeness (QED) is 0.0400.